The number of hydrogen-bond donors (Lipinski definition) is 1. The zero-order valence-electron chi connectivity index (χ0n) is 16.8. The van der Waals surface area contributed by atoms with Gasteiger partial charge in [-0.25, -0.2) is 9.97 Å². The van der Waals surface area contributed by atoms with Crippen LogP contribution in [0.15, 0.2) is 24.4 Å². The Bertz CT molecular complexity index is 1010. The van der Waals surface area contributed by atoms with E-state index in [9.17, 15) is 9.59 Å². The minimum Gasteiger partial charge on any atom is -0.494 e. The molecule has 152 valence electrons. The van der Waals surface area contributed by atoms with Gasteiger partial charge in [0, 0.05) is 19.7 Å². The first kappa shape index (κ1) is 19.3. The van der Waals surface area contributed by atoms with Gasteiger partial charge in [-0.3, -0.25) is 9.59 Å². The van der Waals surface area contributed by atoms with Crippen LogP contribution in [0.4, 0.5) is 5.82 Å². The quantitative estimate of drug-likeness (QED) is 0.779. The van der Waals surface area contributed by atoms with Gasteiger partial charge in [-0.2, -0.15) is 0 Å². The fourth-order valence-corrected chi connectivity index (χ4v) is 3.66. The highest BCUT2D eigenvalue weighted by Gasteiger charge is 2.57. The van der Waals surface area contributed by atoms with Gasteiger partial charge in [-0.05, 0) is 37.0 Å². The van der Waals surface area contributed by atoms with Gasteiger partial charge < -0.3 is 19.7 Å². The number of amides is 2. The predicted molar refractivity (Wildman–Crippen MR) is 108 cm³/mol. The average molecular weight is 396 g/mol. The lowest BCUT2D eigenvalue weighted by Crippen LogP contribution is -2.39. The Morgan fingerprint density at radius 2 is 2.03 bits per heavy atom. The van der Waals surface area contributed by atoms with Crippen LogP contribution in [0.5, 0.6) is 5.75 Å². The standard InChI is InChI=1S/C21H24N4O4/c1-25(2)20(27)21(8-9-21)19(26)24-16-12-22-17-14(13-6-10-29-11-7-13)4-5-15(28-3)18(17)23-16/h4-6,12H,7-11H2,1-3H3,(H,23,24,26). The van der Waals surface area contributed by atoms with Crippen LogP contribution in [0.3, 0.4) is 0 Å². The largest absolute Gasteiger partial charge is 0.494 e. The summed E-state index contributed by atoms with van der Waals surface area (Å²) in [6, 6.07) is 3.83. The lowest BCUT2D eigenvalue weighted by molar-refractivity contribution is -0.140. The fourth-order valence-electron chi connectivity index (χ4n) is 3.66. The first-order chi connectivity index (χ1) is 14.0. The summed E-state index contributed by atoms with van der Waals surface area (Å²) < 4.78 is 10.9. The highest BCUT2D eigenvalue weighted by molar-refractivity contribution is 6.12. The van der Waals surface area contributed by atoms with E-state index in [1.807, 2.05) is 18.2 Å². The molecule has 8 nitrogen and oxygen atoms in total. The van der Waals surface area contributed by atoms with Gasteiger partial charge in [0.2, 0.25) is 11.8 Å². The van der Waals surface area contributed by atoms with E-state index >= 15 is 0 Å². The Labute approximate surface area is 168 Å². The topological polar surface area (TPSA) is 93.7 Å². The van der Waals surface area contributed by atoms with Crippen molar-refractivity contribution >= 4 is 34.2 Å². The van der Waals surface area contributed by atoms with Crippen LogP contribution in [0, 0.1) is 5.41 Å². The number of benzene rings is 1. The molecule has 0 atom stereocenters. The smallest absolute Gasteiger partial charge is 0.241 e. The second kappa shape index (κ2) is 7.44. The molecule has 1 aliphatic carbocycles. The van der Waals surface area contributed by atoms with Crippen LogP contribution in [-0.2, 0) is 14.3 Å². The second-order valence-corrected chi connectivity index (χ2v) is 7.56. The van der Waals surface area contributed by atoms with E-state index in [4.69, 9.17) is 9.47 Å². The summed E-state index contributed by atoms with van der Waals surface area (Å²) in [5.41, 5.74) is 2.43. The molecule has 0 spiro atoms. The van der Waals surface area contributed by atoms with E-state index in [1.165, 1.54) is 11.1 Å². The number of nitrogens with one attached hydrogen (secondary N) is 1. The molecule has 1 aromatic heterocycles. The fraction of sp³-hybridized carbons (Fsp3) is 0.429. The Hall–Kier alpha value is -3.00. The van der Waals surface area contributed by atoms with E-state index in [0.717, 1.165) is 17.6 Å². The van der Waals surface area contributed by atoms with Gasteiger partial charge in [0.25, 0.3) is 0 Å². The van der Waals surface area contributed by atoms with Gasteiger partial charge in [0.1, 0.15) is 22.2 Å². The molecule has 0 bridgehead atoms. The number of hydrogen-bond acceptors (Lipinski definition) is 6. The van der Waals surface area contributed by atoms with Crippen molar-refractivity contribution in [1.29, 1.82) is 0 Å². The Balaban J connectivity index is 1.68. The third kappa shape index (κ3) is 3.44. The molecule has 8 heteroatoms. The maximum atomic E-state index is 12.8. The number of nitrogens with zero attached hydrogens (tertiary/aromatic N) is 3. The molecule has 1 saturated carbocycles. The van der Waals surface area contributed by atoms with E-state index in [0.29, 0.717) is 48.7 Å². The van der Waals surface area contributed by atoms with Gasteiger partial charge in [-0.1, -0.05) is 6.08 Å². The summed E-state index contributed by atoms with van der Waals surface area (Å²) in [7, 11) is 4.88. The number of aromatic nitrogens is 2. The molecule has 0 saturated heterocycles. The first-order valence-corrected chi connectivity index (χ1v) is 9.60. The SMILES string of the molecule is COc1ccc(C2=CCOCC2)c2ncc(NC(=O)C3(C(=O)N(C)C)CC3)nc12. The summed E-state index contributed by atoms with van der Waals surface area (Å²) in [4.78, 5) is 35.8. The maximum Gasteiger partial charge on any atom is 0.241 e. The van der Waals surface area contributed by atoms with Crippen molar-refractivity contribution in [3.8, 4) is 5.75 Å². The zero-order valence-corrected chi connectivity index (χ0v) is 16.8. The highest BCUT2D eigenvalue weighted by Crippen LogP contribution is 2.47. The summed E-state index contributed by atoms with van der Waals surface area (Å²) in [6.45, 7) is 1.25. The Morgan fingerprint density at radius 1 is 1.24 bits per heavy atom. The number of carbonyl (C=O) groups excluding carboxylic acids is 2. The third-order valence-electron chi connectivity index (χ3n) is 5.43. The van der Waals surface area contributed by atoms with E-state index in [2.05, 4.69) is 15.3 Å². The zero-order chi connectivity index (χ0) is 20.6. The van der Waals surface area contributed by atoms with Crippen molar-refractivity contribution in [1.82, 2.24) is 14.9 Å². The number of methoxy groups -OCH3 is 1. The van der Waals surface area contributed by atoms with Crippen molar-refractivity contribution in [2.75, 3.05) is 39.7 Å². The molecular formula is C21H24N4O4. The van der Waals surface area contributed by atoms with Crippen LogP contribution >= 0.6 is 0 Å². The van der Waals surface area contributed by atoms with Crippen LogP contribution in [-0.4, -0.2) is 61.1 Å². The van der Waals surface area contributed by atoms with Crippen molar-refractivity contribution < 1.29 is 19.1 Å². The van der Waals surface area contributed by atoms with Crippen molar-refractivity contribution in [2.45, 2.75) is 19.3 Å². The summed E-state index contributed by atoms with van der Waals surface area (Å²) >= 11 is 0. The molecule has 1 aliphatic heterocycles. The molecule has 1 aromatic carbocycles. The number of carbonyl (C=O) groups is 2. The molecule has 1 N–H and O–H groups in total. The van der Waals surface area contributed by atoms with E-state index < -0.39 is 5.41 Å². The number of fused-ring (bicyclic) bond motifs is 1. The van der Waals surface area contributed by atoms with Crippen LogP contribution in [0.1, 0.15) is 24.8 Å². The summed E-state index contributed by atoms with van der Waals surface area (Å²) in [5.74, 6) is 0.351. The maximum absolute atomic E-state index is 12.8. The van der Waals surface area contributed by atoms with Gasteiger partial charge in [0.15, 0.2) is 5.82 Å². The molecule has 2 aromatic rings. The minimum atomic E-state index is -0.987. The molecule has 2 heterocycles. The lowest BCUT2D eigenvalue weighted by atomic mass is 9.99. The van der Waals surface area contributed by atoms with Gasteiger partial charge >= 0.3 is 0 Å². The van der Waals surface area contributed by atoms with E-state index in [-0.39, 0.29) is 11.8 Å². The van der Waals surface area contributed by atoms with Gasteiger partial charge in [-0.15, -0.1) is 0 Å². The number of ether oxygens (including phenoxy) is 2. The normalized spacial score (nSPS) is 17.4. The minimum absolute atomic E-state index is 0.185. The molecule has 0 radical (unpaired) electrons. The molecule has 29 heavy (non-hydrogen) atoms. The third-order valence-corrected chi connectivity index (χ3v) is 5.43. The first-order valence-electron chi connectivity index (χ1n) is 9.60. The monoisotopic (exact) mass is 396 g/mol. The van der Waals surface area contributed by atoms with Crippen LogP contribution in [0.2, 0.25) is 0 Å². The number of rotatable bonds is 5. The molecule has 0 unspecified atom stereocenters. The summed E-state index contributed by atoms with van der Waals surface area (Å²) in [6.07, 6.45) is 5.46. The molecule has 1 fully saturated rings. The Kier molecular flexibility index (Phi) is 4.96. The molecule has 2 aliphatic rings. The molecule has 2 amide bonds. The highest BCUT2D eigenvalue weighted by atomic mass is 16.5. The van der Waals surface area contributed by atoms with Gasteiger partial charge in [0.05, 0.1) is 26.5 Å². The van der Waals surface area contributed by atoms with E-state index in [1.54, 1.807) is 21.2 Å². The predicted octanol–water partition coefficient (Wildman–Crippen LogP) is 2.25. The Morgan fingerprint density at radius 3 is 2.66 bits per heavy atom. The van der Waals surface area contributed by atoms with Crippen molar-refractivity contribution in [3.05, 3.63) is 30.0 Å². The average Bonchev–Trinajstić information content (AvgIpc) is 3.55. The number of anilines is 1. The van der Waals surface area contributed by atoms with Crippen molar-refractivity contribution in [2.24, 2.45) is 5.41 Å². The van der Waals surface area contributed by atoms with Crippen LogP contribution < -0.4 is 10.1 Å². The molecular weight excluding hydrogens is 372 g/mol. The molecule has 4 rings (SSSR count). The van der Waals surface area contributed by atoms with Crippen LogP contribution in [0.25, 0.3) is 16.6 Å². The van der Waals surface area contributed by atoms with Crippen molar-refractivity contribution in [3.63, 3.8) is 0 Å². The second-order valence-electron chi connectivity index (χ2n) is 7.56. The summed E-state index contributed by atoms with van der Waals surface area (Å²) in [5, 5.41) is 2.77. The lowest BCUT2D eigenvalue weighted by Gasteiger charge is -2.19.